The third kappa shape index (κ3) is 1.56. The van der Waals surface area contributed by atoms with Gasteiger partial charge in [-0.05, 0) is 12.5 Å². The number of nitrogens with one attached hydrogen (secondary N) is 1. The molecule has 0 radical (unpaired) electrons. The second-order valence-corrected chi connectivity index (χ2v) is 3.81. The molecule has 1 N–H and O–H groups in total. The van der Waals surface area contributed by atoms with E-state index in [9.17, 15) is 9.59 Å². The molecule has 1 unspecified atom stereocenters. The van der Waals surface area contributed by atoms with Crippen LogP contribution in [0.2, 0.25) is 0 Å². The van der Waals surface area contributed by atoms with Crippen molar-refractivity contribution in [2.75, 3.05) is 7.11 Å². The number of carbonyl (C=O) groups is 2. The Balaban J connectivity index is 2.42. The molecule has 1 heterocycles. The number of rotatable bonds is 1. The van der Waals surface area contributed by atoms with Crippen LogP contribution in [0.15, 0.2) is 35.1 Å². The predicted octanol–water partition coefficient (Wildman–Crippen LogP) is 0.861. The summed E-state index contributed by atoms with van der Waals surface area (Å²) < 4.78 is 4.68. The summed E-state index contributed by atoms with van der Waals surface area (Å²) in [6.07, 6.45) is 5.81. The number of hydrogen-bond acceptors (Lipinski definition) is 4. The molecule has 0 saturated carbocycles. The zero-order chi connectivity index (χ0) is 11.7. The minimum atomic E-state index is -0.542. The van der Waals surface area contributed by atoms with E-state index in [-0.39, 0.29) is 11.8 Å². The Morgan fingerprint density at radius 2 is 2.31 bits per heavy atom. The highest BCUT2D eigenvalue weighted by molar-refractivity contribution is 6.04. The van der Waals surface area contributed by atoms with E-state index in [0.29, 0.717) is 12.0 Å². The maximum absolute atomic E-state index is 11.8. The molecule has 0 amide bonds. The van der Waals surface area contributed by atoms with Gasteiger partial charge in [0.25, 0.3) is 0 Å². The Labute approximate surface area is 93.7 Å². The number of hydrogen-bond donors (Lipinski definition) is 1. The van der Waals surface area contributed by atoms with Crippen LogP contribution >= 0.6 is 0 Å². The highest BCUT2D eigenvalue weighted by Crippen LogP contribution is 2.28. The zero-order valence-electron chi connectivity index (χ0n) is 9.24. The van der Waals surface area contributed by atoms with Gasteiger partial charge in [-0.15, -0.1) is 0 Å². The van der Waals surface area contributed by atoms with E-state index in [1.807, 2.05) is 12.2 Å². The lowest BCUT2D eigenvalue weighted by molar-refractivity contribution is -0.141. The normalized spacial score (nSPS) is 23.5. The number of fused-ring (bicyclic) bond motifs is 1. The molecule has 84 valence electrons. The summed E-state index contributed by atoms with van der Waals surface area (Å²) in [7, 11) is 1.34. The molecule has 1 atom stereocenters. The fourth-order valence-corrected chi connectivity index (χ4v) is 2.01. The first-order valence-corrected chi connectivity index (χ1v) is 5.10. The molecule has 2 aliphatic rings. The number of ketones is 1. The van der Waals surface area contributed by atoms with Gasteiger partial charge in [0, 0.05) is 23.8 Å². The highest BCUT2D eigenvalue weighted by Gasteiger charge is 2.30. The summed E-state index contributed by atoms with van der Waals surface area (Å²) >= 11 is 0. The van der Waals surface area contributed by atoms with Crippen molar-refractivity contribution in [2.24, 2.45) is 0 Å². The molecule has 0 bridgehead atoms. The molecule has 1 aliphatic carbocycles. The Hall–Kier alpha value is -1.84. The van der Waals surface area contributed by atoms with Gasteiger partial charge in [-0.2, -0.15) is 0 Å². The molecule has 16 heavy (non-hydrogen) atoms. The standard InChI is InChI=1S/C12H13NO3/c1-7-10-8(4-3-5-9(10)14)6-13-11(7)12(15)16-2/h3-4,6,11,13H,5H2,1-2H3. The SMILES string of the molecule is COC(=O)C1NC=C2C=CCC(=O)C2=C1C. The largest absolute Gasteiger partial charge is 0.467 e. The summed E-state index contributed by atoms with van der Waals surface area (Å²) in [5, 5.41) is 2.94. The van der Waals surface area contributed by atoms with Gasteiger partial charge in [-0.25, -0.2) is 4.79 Å². The van der Waals surface area contributed by atoms with Crippen LogP contribution in [0.1, 0.15) is 13.3 Å². The van der Waals surface area contributed by atoms with Gasteiger partial charge in [0.1, 0.15) is 6.04 Å². The van der Waals surface area contributed by atoms with Crippen LogP contribution in [0.25, 0.3) is 0 Å². The molecule has 4 nitrogen and oxygen atoms in total. The fraction of sp³-hybridized carbons (Fsp3) is 0.333. The lowest BCUT2D eigenvalue weighted by Crippen LogP contribution is -2.39. The summed E-state index contributed by atoms with van der Waals surface area (Å²) in [6.45, 7) is 1.79. The van der Waals surface area contributed by atoms with Crippen molar-refractivity contribution in [1.82, 2.24) is 5.32 Å². The first-order chi connectivity index (χ1) is 7.65. The minimum Gasteiger partial charge on any atom is -0.467 e. The Morgan fingerprint density at radius 3 is 3.00 bits per heavy atom. The van der Waals surface area contributed by atoms with Gasteiger partial charge in [0.2, 0.25) is 0 Å². The molecule has 0 aromatic heterocycles. The quantitative estimate of drug-likeness (QED) is 0.664. The van der Waals surface area contributed by atoms with Crippen LogP contribution < -0.4 is 5.32 Å². The first kappa shape index (κ1) is 10.7. The summed E-state index contributed by atoms with van der Waals surface area (Å²) in [5.74, 6) is -0.315. The van der Waals surface area contributed by atoms with E-state index in [1.54, 1.807) is 13.1 Å². The summed E-state index contributed by atoms with van der Waals surface area (Å²) in [5.41, 5.74) is 2.23. The lowest BCUT2D eigenvalue weighted by Gasteiger charge is -2.26. The van der Waals surface area contributed by atoms with Gasteiger partial charge in [0.15, 0.2) is 5.78 Å². The smallest absolute Gasteiger partial charge is 0.332 e. The molecule has 0 fully saturated rings. The number of allylic oxidation sites excluding steroid dienone is 4. The van der Waals surface area contributed by atoms with E-state index in [1.165, 1.54) is 7.11 Å². The topological polar surface area (TPSA) is 55.4 Å². The number of dihydropyridines is 1. The van der Waals surface area contributed by atoms with Crippen molar-refractivity contribution in [3.8, 4) is 0 Å². The van der Waals surface area contributed by atoms with Gasteiger partial charge in [-0.1, -0.05) is 12.2 Å². The van der Waals surface area contributed by atoms with E-state index in [0.717, 1.165) is 11.1 Å². The third-order valence-electron chi connectivity index (χ3n) is 2.84. The molecule has 4 heteroatoms. The van der Waals surface area contributed by atoms with Crippen molar-refractivity contribution in [3.63, 3.8) is 0 Å². The van der Waals surface area contributed by atoms with E-state index < -0.39 is 6.04 Å². The van der Waals surface area contributed by atoms with Gasteiger partial charge in [-0.3, -0.25) is 4.79 Å². The van der Waals surface area contributed by atoms with Gasteiger partial charge in [0.05, 0.1) is 7.11 Å². The molecule has 0 saturated heterocycles. The lowest BCUT2D eigenvalue weighted by atomic mass is 9.86. The minimum absolute atomic E-state index is 0.0571. The number of esters is 1. The summed E-state index contributed by atoms with van der Waals surface area (Å²) in [6, 6.07) is -0.542. The van der Waals surface area contributed by atoms with Crippen LogP contribution in [0.4, 0.5) is 0 Å². The van der Waals surface area contributed by atoms with Crippen molar-refractivity contribution in [3.05, 3.63) is 35.1 Å². The Morgan fingerprint density at radius 1 is 1.56 bits per heavy atom. The predicted molar refractivity (Wildman–Crippen MR) is 58.5 cm³/mol. The van der Waals surface area contributed by atoms with Crippen molar-refractivity contribution in [2.45, 2.75) is 19.4 Å². The third-order valence-corrected chi connectivity index (χ3v) is 2.84. The van der Waals surface area contributed by atoms with Crippen LogP contribution in [-0.2, 0) is 14.3 Å². The van der Waals surface area contributed by atoms with Gasteiger partial charge < -0.3 is 10.1 Å². The average Bonchev–Trinajstić information content (AvgIpc) is 2.28. The molecule has 0 aromatic carbocycles. The zero-order valence-corrected chi connectivity index (χ0v) is 9.24. The number of Topliss-reactive ketones (excluding diaryl/α,β-unsaturated/α-hetero) is 1. The van der Waals surface area contributed by atoms with Crippen molar-refractivity contribution >= 4 is 11.8 Å². The van der Waals surface area contributed by atoms with E-state index in [4.69, 9.17) is 0 Å². The fourth-order valence-electron chi connectivity index (χ4n) is 2.01. The number of carbonyl (C=O) groups excluding carboxylic acids is 2. The number of ether oxygens (including phenoxy) is 1. The molecule has 1 aliphatic heterocycles. The highest BCUT2D eigenvalue weighted by atomic mass is 16.5. The van der Waals surface area contributed by atoms with Crippen LogP contribution in [-0.4, -0.2) is 24.9 Å². The molecular weight excluding hydrogens is 206 g/mol. The second-order valence-electron chi connectivity index (χ2n) is 3.81. The Bertz CT molecular complexity index is 443. The Kier molecular flexibility index (Phi) is 2.64. The van der Waals surface area contributed by atoms with Crippen LogP contribution in [0.3, 0.4) is 0 Å². The van der Waals surface area contributed by atoms with Crippen LogP contribution in [0, 0.1) is 0 Å². The van der Waals surface area contributed by atoms with Crippen LogP contribution in [0.5, 0.6) is 0 Å². The first-order valence-electron chi connectivity index (χ1n) is 5.10. The number of methoxy groups -OCH3 is 1. The molecule has 0 spiro atoms. The molecule has 0 aromatic rings. The monoisotopic (exact) mass is 219 g/mol. The maximum atomic E-state index is 11.8. The molecular formula is C12H13NO3. The van der Waals surface area contributed by atoms with E-state index >= 15 is 0 Å². The van der Waals surface area contributed by atoms with Gasteiger partial charge >= 0.3 is 5.97 Å². The summed E-state index contributed by atoms with van der Waals surface area (Å²) in [4.78, 5) is 23.2. The van der Waals surface area contributed by atoms with E-state index in [2.05, 4.69) is 10.1 Å². The average molecular weight is 219 g/mol. The second kappa shape index (κ2) is 3.96. The maximum Gasteiger partial charge on any atom is 0.332 e. The van der Waals surface area contributed by atoms with Crippen molar-refractivity contribution in [1.29, 1.82) is 0 Å². The van der Waals surface area contributed by atoms with Crippen molar-refractivity contribution < 1.29 is 14.3 Å². The molecule has 2 rings (SSSR count).